The van der Waals surface area contributed by atoms with Gasteiger partial charge in [0.2, 0.25) is 0 Å². The quantitative estimate of drug-likeness (QED) is 0.419. The number of rotatable bonds is 5. The molecule has 0 radical (unpaired) electrons. The van der Waals surface area contributed by atoms with E-state index < -0.39 is 0 Å². The highest BCUT2D eigenvalue weighted by Gasteiger charge is 2.10. The van der Waals surface area contributed by atoms with E-state index in [-0.39, 0.29) is 5.92 Å². The van der Waals surface area contributed by atoms with E-state index in [9.17, 15) is 0 Å². The van der Waals surface area contributed by atoms with E-state index in [0.717, 1.165) is 11.4 Å². The van der Waals surface area contributed by atoms with Crippen molar-refractivity contribution in [2.75, 3.05) is 0 Å². The highest BCUT2D eigenvalue weighted by molar-refractivity contribution is 5.76. The topological polar surface area (TPSA) is 24.7 Å². The number of hydrogen-bond acceptors (Lipinski definition) is 2. The van der Waals surface area contributed by atoms with Crippen molar-refractivity contribution in [3.63, 3.8) is 0 Å². The van der Waals surface area contributed by atoms with Gasteiger partial charge in [-0.2, -0.15) is 0 Å². The molecule has 0 heterocycles. The van der Waals surface area contributed by atoms with Gasteiger partial charge >= 0.3 is 0 Å². The second-order valence-electron chi connectivity index (χ2n) is 7.15. The summed E-state index contributed by atoms with van der Waals surface area (Å²) in [5, 5.41) is 0. The maximum atomic E-state index is 4.66. The largest absolute Gasteiger partial charge is 0.260 e. The van der Waals surface area contributed by atoms with Gasteiger partial charge < -0.3 is 0 Å². The Hall–Kier alpha value is -3.35. The van der Waals surface area contributed by atoms with Crippen LogP contribution in [0.3, 0.4) is 0 Å². The Bertz CT molecular complexity index is 939. The summed E-state index contributed by atoms with van der Waals surface area (Å²) in [5.74, 6) is 0.493. The third kappa shape index (κ3) is 4.14. The molecule has 0 aromatic heterocycles. The van der Waals surface area contributed by atoms with Gasteiger partial charge in [0, 0.05) is 24.4 Å². The summed E-state index contributed by atoms with van der Waals surface area (Å²) in [5.41, 5.74) is 6.76. The molecule has 1 atom stereocenters. The molecular formula is C26H23N2+. The number of aliphatic imine (C=N–C) groups is 2. The Balaban J connectivity index is 1.52. The number of benzene rings is 2. The second-order valence-corrected chi connectivity index (χ2v) is 7.15. The molecule has 2 aliphatic rings. The van der Waals surface area contributed by atoms with Crippen LogP contribution in [-0.2, 0) is 0 Å². The monoisotopic (exact) mass is 363 g/mol. The molecule has 1 unspecified atom stereocenters. The van der Waals surface area contributed by atoms with Gasteiger partial charge in [0.15, 0.2) is 12.0 Å². The molecule has 0 saturated heterocycles. The van der Waals surface area contributed by atoms with Gasteiger partial charge in [-0.3, -0.25) is 9.98 Å². The number of hydrogen-bond donors (Lipinski definition) is 0. The first-order valence-corrected chi connectivity index (χ1v) is 9.60. The fraction of sp³-hybridized carbons (Fsp3) is 0.154. The first-order chi connectivity index (χ1) is 13.7. The van der Waals surface area contributed by atoms with Gasteiger partial charge in [-0.1, -0.05) is 36.4 Å². The van der Waals surface area contributed by atoms with E-state index in [0.29, 0.717) is 5.92 Å². The number of aryl methyl sites for hydroxylation is 2. The minimum atomic E-state index is 0.185. The van der Waals surface area contributed by atoms with E-state index in [1.54, 1.807) is 0 Å². The zero-order valence-electron chi connectivity index (χ0n) is 16.2. The molecule has 4 rings (SSSR count). The fourth-order valence-corrected chi connectivity index (χ4v) is 3.33. The lowest BCUT2D eigenvalue weighted by molar-refractivity contribution is 1.15. The van der Waals surface area contributed by atoms with Gasteiger partial charge in [-0.05, 0) is 60.4 Å². The van der Waals surface area contributed by atoms with Crippen molar-refractivity contribution >= 4 is 23.8 Å². The van der Waals surface area contributed by atoms with E-state index >= 15 is 0 Å². The lowest BCUT2D eigenvalue weighted by atomic mass is 10.00. The summed E-state index contributed by atoms with van der Waals surface area (Å²) in [4.78, 5) is 9.28. The van der Waals surface area contributed by atoms with E-state index in [4.69, 9.17) is 0 Å². The molecule has 0 N–H and O–H groups in total. The minimum Gasteiger partial charge on any atom is -0.260 e. The van der Waals surface area contributed by atoms with Crippen LogP contribution in [0.15, 0.2) is 88.9 Å². The fourth-order valence-electron chi connectivity index (χ4n) is 3.33. The predicted octanol–water partition coefficient (Wildman–Crippen LogP) is 6.66. The Morgan fingerprint density at radius 3 is 1.89 bits per heavy atom. The van der Waals surface area contributed by atoms with Gasteiger partial charge in [0.25, 0.3) is 0 Å². The van der Waals surface area contributed by atoms with Crippen molar-refractivity contribution in [2.24, 2.45) is 21.8 Å². The molecule has 0 amide bonds. The highest BCUT2D eigenvalue weighted by atomic mass is 14.7. The molecule has 0 fully saturated rings. The van der Waals surface area contributed by atoms with Crippen LogP contribution in [-0.4, -0.2) is 12.4 Å². The van der Waals surface area contributed by atoms with Gasteiger partial charge in [0.1, 0.15) is 0 Å². The van der Waals surface area contributed by atoms with Crippen molar-refractivity contribution in [1.29, 1.82) is 0 Å². The minimum absolute atomic E-state index is 0.185. The lowest BCUT2D eigenvalue weighted by Gasteiger charge is -2.08. The molecule has 2 aromatic carbocycles. The Kier molecular flexibility index (Phi) is 5.23. The van der Waals surface area contributed by atoms with Crippen molar-refractivity contribution in [3.8, 4) is 11.1 Å². The number of allylic oxidation sites excluding steroid dienone is 8. The summed E-state index contributed by atoms with van der Waals surface area (Å²) in [7, 11) is 0. The summed E-state index contributed by atoms with van der Waals surface area (Å²) in [6, 6.07) is 12.9. The molecule has 28 heavy (non-hydrogen) atoms. The first kappa shape index (κ1) is 18.0. The van der Waals surface area contributed by atoms with Crippen molar-refractivity contribution in [3.05, 3.63) is 96.1 Å². The maximum Gasteiger partial charge on any atom is 0.168 e. The average molecular weight is 363 g/mol. The molecule has 136 valence electrons. The lowest BCUT2D eigenvalue weighted by Crippen LogP contribution is -1.90. The molecular weight excluding hydrogens is 340 g/mol. The van der Waals surface area contributed by atoms with Gasteiger partial charge in [-0.15, -0.1) is 0 Å². The van der Waals surface area contributed by atoms with Gasteiger partial charge in [-0.25, -0.2) is 0 Å². The van der Waals surface area contributed by atoms with Crippen molar-refractivity contribution in [2.45, 2.75) is 13.8 Å². The van der Waals surface area contributed by atoms with Crippen LogP contribution >= 0.6 is 0 Å². The molecule has 0 spiro atoms. The van der Waals surface area contributed by atoms with E-state index in [2.05, 4.69) is 96.7 Å². The third-order valence-corrected chi connectivity index (χ3v) is 4.97. The van der Waals surface area contributed by atoms with Crippen LogP contribution in [0.1, 0.15) is 11.1 Å². The van der Waals surface area contributed by atoms with Crippen LogP contribution < -0.4 is 0 Å². The standard InChI is InChI=1S/C26H23N2/c1-19-15-23(11-13-25(19)27-17-21-7-3-4-8-21)24-12-14-26(20(2)16-24)28-18-22-9-5-6-10-22/h3-9,11-18,21-22H,1-2H3/q+1. The SMILES string of the molecule is Cc1cc(-c2ccc(N=CC3C=CC=C3)c(C)c2)ccc1N=CC1[C+]=CC=C1. The van der Waals surface area contributed by atoms with Crippen LogP contribution in [0.5, 0.6) is 0 Å². The molecule has 2 nitrogen and oxygen atoms in total. The first-order valence-electron chi connectivity index (χ1n) is 9.60. The zero-order chi connectivity index (χ0) is 19.3. The number of nitrogens with zero attached hydrogens (tertiary/aromatic N) is 2. The van der Waals surface area contributed by atoms with E-state index in [1.165, 1.54) is 22.3 Å². The van der Waals surface area contributed by atoms with Gasteiger partial charge in [0.05, 0.1) is 23.5 Å². The highest BCUT2D eigenvalue weighted by Crippen LogP contribution is 2.30. The van der Waals surface area contributed by atoms with Crippen molar-refractivity contribution in [1.82, 2.24) is 0 Å². The smallest absolute Gasteiger partial charge is 0.168 e. The second kappa shape index (κ2) is 8.12. The maximum absolute atomic E-state index is 4.66. The summed E-state index contributed by atoms with van der Waals surface area (Å²) in [6.45, 7) is 4.22. The molecule has 0 saturated carbocycles. The Morgan fingerprint density at radius 2 is 1.36 bits per heavy atom. The van der Waals surface area contributed by atoms with Crippen LogP contribution in [0.25, 0.3) is 11.1 Å². The zero-order valence-corrected chi connectivity index (χ0v) is 16.2. The Morgan fingerprint density at radius 1 is 0.750 bits per heavy atom. The van der Waals surface area contributed by atoms with Crippen LogP contribution in [0.4, 0.5) is 11.4 Å². The predicted molar refractivity (Wildman–Crippen MR) is 120 cm³/mol. The normalized spacial score (nSPS) is 18.1. The molecule has 2 aromatic rings. The average Bonchev–Trinajstić information content (AvgIpc) is 3.40. The summed E-state index contributed by atoms with van der Waals surface area (Å²) < 4.78 is 0. The summed E-state index contributed by atoms with van der Waals surface area (Å²) in [6.07, 6.45) is 21.6. The van der Waals surface area contributed by atoms with Crippen LogP contribution in [0, 0.1) is 31.8 Å². The molecule has 2 aliphatic carbocycles. The molecule has 2 heteroatoms. The molecule has 0 aliphatic heterocycles. The van der Waals surface area contributed by atoms with Crippen LogP contribution in [0.2, 0.25) is 0 Å². The van der Waals surface area contributed by atoms with Crippen molar-refractivity contribution < 1.29 is 0 Å². The molecule has 0 bridgehead atoms. The summed E-state index contributed by atoms with van der Waals surface area (Å²) >= 11 is 0. The van der Waals surface area contributed by atoms with E-state index in [1.807, 2.05) is 24.6 Å². The third-order valence-electron chi connectivity index (χ3n) is 4.97. The Labute approximate surface area is 167 Å².